The van der Waals surface area contributed by atoms with Crippen LogP contribution in [0.3, 0.4) is 0 Å². The summed E-state index contributed by atoms with van der Waals surface area (Å²) in [5, 5.41) is 12.4. The third kappa shape index (κ3) is 8.02. The Kier molecular flexibility index (Phi) is 9.39. The number of amides is 1. The van der Waals surface area contributed by atoms with E-state index < -0.39 is 57.1 Å². The van der Waals surface area contributed by atoms with Crippen LogP contribution in [0.15, 0.2) is 53.4 Å². The second kappa shape index (κ2) is 13.0. The molecule has 1 atom stereocenters. The van der Waals surface area contributed by atoms with Crippen LogP contribution >= 0.6 is 11.3 Å². The molecule has 48 heavy (non-hydrogen) atoms. The van der Waals surface area contributed by atoms with Crippen LogP contribution in [0.4, 0.5) is 31.5 Å². The number of carbonyl (C=O) groups excluding carboxylic acids is 1. The van der Waals surface area contributed by atoms with E-state index in [4.69, 9.17) is 0 Å². The van der Waals surface area contributed by atoms with Crippen LogP contribution < -0.4 is 19.7 Å². The number of sulfonamides is 1. The molecule has 0 unspecified atom stereocenters. The minimum atomic E-state index is -5.01. The number of aryl methyl sites for hydroxylation is 1. The number of aromatic carboxylic acids is 1. The molecule has 1 aliphatic rings. The van der Waals surface area contributed by atoms with E-state index in [1.165, 1.54) is 19.1 Å². The van der Waals surface area contributed by atoms with E-state index in [-0.39, 0.29) is 53.2 Å². The number of thiazole rings is 1. The maximum absolute atomic E-state index is 13.7. The van der Waals surface area contributed by atoms with E-state index in [1.807, 2.05) is 0 Å². The smallest absolute Gasteiger partial charge is 0.476 e. The maximum atomic E-state index is 13.7. The highest BCUT2D eigenvalue weighted by atomic mass is 32.2. The molecule has 1 fully saturated rings. The molecule has 0 aliphatic carbocycles. The molecule has 0 spiro atoms. The number of hydrogen-bond donors (Lipinski definition) is 2. The van der Waals surface area contributed by atoms with Gasteiger partial charge in [-0.15, -0.1) is 26.3 Å². The van der Waals surface area contributed by atoms with Gasteiger partial charge in [0.05, 0.1) is 4.90 Å². The van der Waals surface area contributed by atoms with Gasteiger partial charge in [0.2, 0.25) is 15.9 Å². The van der Waals surface area contributed by atoms with Gasteiger partial charge < -0.3 is 24.8 Å². The summed E-state index contributed by atoms with van der Waals surface area (Å²) >= 11 is 0.919. The molecule has 3 heterocycles. The predicted octanol–water partition coefficient (Wildman–Crippen LogP) is 4.09. The molecule has 256 valence electrons. The van der Waals surface area contributed by atoms with Crippen LogP contribution in [-0.4, -0.2) is 83.1 Å². The Bertz CT molecular complexity index is 1940. The van der Waals surface area contributed by atoms with Gasteiger partial charge in [0.15, 0.2) is 16.5 Å². The van der Waals surface area contributed by atoms with E-state index in [1.54, 1.807) is 4.90 Å². The molecule has 2 N–H and O–H groups in total. The lowest BCUT2D eigenvalue weighted by molar-refractivity contribution is -0.275. The summed E-state index contributed by atoms with van der Waals surface area (Å²) in [6.45, 7) is 0.614. The molecule has 5 rings (SSSR count). The molecule has 1 amide bonds. The second-order valence-corrected chi connectivity index (χ2v) is 12.9. The molecule has 0 radical (unpaired) electrons. The van der Waals surface area contributed by atoms with Crippen molar-refractivity contribution in [2.24, 2.45) is 0 Å². The van der Waals surface area contributed by atoms with Crippen LogP contribution in [0.25, 0.3) is 10.3 Å². The zero-order chi connectivity index (χ0) is 35.0. The van der Waals surface area contributed by atoms with E-state index in [0.29, 0.717) is 5.56 Å². The Balaban J connectivity index is 1.42. The summed E-state index contributed by atoms with van der Waals surface area (Å²) in [5.41, 5.74) is 0.137. The highest BCUT2D eigenvalue weighted by Gasteiger charge is 2.41. The van der Waals surface area contributed by atoms with Gasteiger partial charge in [-0.3, -0.25) is 4.79 Å². The van der Waals surface area contributed by atoms with Crippen molar-refractivity contribution in [1.82, 2.24) is 24.6 Å². The fraction of sp³-hybridized carbons (Fsp3) is 0.296. The Morgan fingerprint density at radius 3 is 2.08 bits per heavy atom. The van der Waals surface area contributed by atoms with Crippen molar-refractivity contribution in [2.45, 2.75) is 37.1 Å². The number of ether oxygens (including phenoxy) is 2. The largest absolute Gasteiger partial charge is 0.573 e. The van der Waals surface area contributed by atoms with Crippen molar-refractivity contribution in [3.8, 4) is 11.5 Å². The normalized spacial score (nSPS) is 16.1. The lowest BCUT2D eigenvalue weighted by Crippen LogP contribution is -2.60. The average Bonchev–Trinajstić information content (AvgIpc) is 3.42. The summed E-state index contributed by atoms with van der Waals surface area (Å²) in [4.78, 5) is 38.9. The molecule has 2 aromatic carbocycles. The number of anilines is 1. The van der Waals surface area contributed by atoms with Gasteiger partial charge >= 0.3 is 18.7 Å². The first-order valence-corrected chi connectivity index (χ1v) is 15.8. The minimum Gasteiger partial charge on any atom is -0.476 e. The van der Waals surface area contributed by atoms with Crippen LogP contribution in [-0.2, 0) is 21.4 Å². The fourth-order valence-electron chi connectivity index (χ4n) is 4.71. The molecule has 13 nitrogen and oxygen atoms in total. The van der Waals surface area contributed by atoms with Crippen molar-refractivity contribution in [1.29, 1.82) is 0 Å². The summed E-state index contributed by atoms with van der Waals surface area (Å²) in [6.07, 6.45) is -9.92. The maximum Gasteiger partial charge on any atom is 0.573 e. The summed E-state index contributed by atoms with van der Waals surface area (Å²) in [5.74, 6) is -3.15. The summed E-state index contributed by atoms with van der Waals surface area (Å²) in [7, 11) is -4.51. The molecule has 1 aliphatic heterocycles. The summed E-state index contributed by atoms with van der Waals surface area (Å²) in [6, 6.07) is 6.53. The third-order valence-corrected chi connectivity index (χ3v) is 9.78. The highest BCUT2D eigenvalue weighted by molar-refractivity contribution is 7.89. The van der Waals surface area contributed by atoms with Crippen LogP contribution in [0, 0.1) is 6.92 Å². The molecule has 1 saturated heterocycles. The Morgan fingerprint density at radius 1 is 0.938 bits per heavy atom. The summed E-state index contributed by atoms with van der Waals surface area (Å²) < 4.78 is 111. The number of nitrogens with one attached hydrogen (secondary N) is 1. The number of hydrogen-bond acceptors (Lipinski definition) is 11. The zero-order valence-corrected chi connectivity index (χ0v) is 25.9. The molecule has 2 aromatic heterocycles. The lowest BCUT2D eigenvalue weighted by Gasteiger charge is -2.39. The fourth-order valence-corrected chi connectivity index (χ4v) is 7.30. The molecule has 21 heteroatoms. The van der Waals surface area contributed by atoms with Crippen LogP contribution in [0.1, 0.15) is 21.9 Å². The SMILES string of the molecule is Cc1nc(C(=O)O)c2sc(N3CCN(S(=O)(=O)c4ccc(OC(F)(F)F)cc4)[C@@H](C(=O)NCc4ccc(OC(F)(F)F)cc4)C3)nc2n1. The topological polar surface area (TPSA) is 164 Å². The van der Waals surface area contributed by atoms with Gasteiger partial charge in [0, 0.05) is 26.2 Å². The Labute approximate surface area is 270 Å². The number of nitrogens with zero attached hydrogens (tertiary/aromatic N) is 5. The van der Waals surface area contributed by atoms with Crippen molar-refractivity contribution < 1.29 is 58.9 Å². The first-order valence-electron chi connectivity index (χ1n) is 13.5. The Hall–Kier alpha value is -4.76. The van der Waals surface area contributed by atoms with Gasteiger partial charge in [-0.25, -0.2) is 23.2 Å². The number of carboxylic acids is 1. The number of carbonyl (C=O) groups is 2. The number of piperazine rings is 1. The number of rotatable bonds is 9. The van der Waals surface area contributed by atoms with Crippen LogP contribution in [0.5, 0.6) is 11.5 Å². The third-order valence-electron chi connectivity index (χ3n) is 6.75. The zero-order valence-electron chi connectivity index (χ0n) is 24.2. The van der Waals surface area contributed by atoms with Crippen LogP contribution in [0.2, 0.25) is 0 Å². The van der Waals surface area contributed by atoms with Crippen molar-refractivity contribution in [3.05, 3.63) is 65.6 Å². The van der Waals surface area contributed by atoms with Crippen molar-refractivity contribution in [3.63, 3.8) is 0 Å². The average molecular weight is 721 g/mol. The number of benzene rings is 2. The first kappa shape index (κ1) is 34.6. The molecule has 4 aromatic rings. The van der Waals surface area contributed by atoms with Gasteiger partial charge in [0.25, 0.3) is 0 Å². The van der Waals surface area contributed by atoms with Crippen molar-refractivity contribution >= 4 is 48.7 Å². The Morgan fingerprint density at radius 2 is 1.52 bits per heavy atom. The van der Waals surface area contributed by atoms with Gasteiger partial charge in [0.1, 0.15) is 28.1 Å². The van der Waals surface area contributed by atoms with Gasteiger partial charge in [-0.1, -0.05) is 23.5 Å². The first-order chi connectivity index (χ1) is 22.4. The van der Waals surface area contributed by atoms with Crippen molar-refractivity contribution in [2.75, 3.05) is 24.5 Å². The van der Waals surface area contributed by atoms with Gasteiger partial charge in [-0.2, -0.15) is 9.29 Å². The molecular weight excluding hydrogens is 698 g/mol. The van der Waals surface area contributed by atoms with E-state index in [2.05, 4.69) is 29.7 Å². The monoisotopic (exact) mass is 720 g/mol. The highest BCUT2D eigenvalue weighted by Crippen LogP contribution is 2.33. The lowest BCUT2D eigenvalue weighted by atomic mass is 10.1. The number of fused-ring (bicyclic) bond motifs is 1. The standard InChI is InChI=1S/C27H22F6N6O7S2/c1-14-35-20(24(41)42)21-22(36-14)37-25(47-21)38-10-11-39(48(43,44)18-8-6-17(7-9-18)46-27(31,32)33)19(13-38)23(40)34-12-15-2-4-16(5-3-15)45-26(28,29)30/h2-9,19H,10-13H2,1H3,(H,34,40)(H,41,42)/t19-/m1/s1. The second-order valence-electron chi connectivity index (χ2n) is 10.1. The molecule has 0 saturated carbocycles. The predicted molar refractivity (Wildman–Crippen MR) is 155 cm³/mol. The van der Waals surface area contributed by atoms with E-state index in [9.17, 15) is 49.5 Å². The van der Waals surface area contributed by atoms with E-state index >= 15 is 0 Å². The molecule has 0 bridgehead atoms. The van der Waals surface area contributed by atoms with Gasteiger partial charge in [-0.05, 0) is 48.9 Å². The van der Waals surface area contributed by atoms with E-state index in [0.717, 1.165) is 52.0 Å². The molecular formula is C27H22F6N6O7S2. The quantitative estimate of drug-likeness (QED) is 0.240. The minimum absolute atomic E-state index is 0.0341. The number of carboxylic acid groups (broad SMARTS) is 1. The number of aromatic nitrogens is 3. The number of alkyl halides is 6. The number of halogens is 6.